The summed E-state index contributed by atoms with van der Waals surface area (Å²) in [5.41, 5.74) is 4.99. The molecule has 3 nitrogen and oxygen atoms in total. The molecule has 0 saturated heterocycles. The van der Waals surface area contributed by atoms with Crippen molar-refractivity contribution in [2.45, 2.75) is 12.1 Å². The second-order valence-corrected chi connectivity index (χ2v) is 7.01. The van der Waals surface area contributed by atoms with Crippen LogP contribution in [0.4, 0.5) is 0 Å². The van der Waals surface area contributed by atoms with E-state index in [1.54, 1.807) is 0 Å². The van der Waals surface area contributed by atoms with Crippen LogP contribution in [0.3, 0.4) is 0 Å². The third kappa shape index (κ3) is 3.55. The normalized spacial score (nSPS) is 18.1. The Morgan fingerprint density at radius 3 is 1.83 bits per heavy atom. The molecule has 2 atom stereocenters. The highest BCUT2D eigenvalue weighted by atomic mass is 16.5. The lowest BCUT2D eigenvalue weighted by Gasteiger charge is -2.18. The molecule has 0 fully saturated rings. The summed E-state index contributed by atoms with van der Waals surface area (Å²) in [7, 11) is 0. The number of ether oxygens (including phenoxy) is 1. The highest BCUT2D eigenvalue weighted by molar-refractivity contribution is 5.94. The zero-order valence-electron chi connectivity index (χ0n) is 15.8. The van der Waals surface area contributed by atoms with Gasteiger partial charge >= 0.3 is 0 Å². The van der Waals surface area contributed by atoms with E-state index in [0.29, 0.717) is 5.90 Å². The zero-order chi connectivity index (χ0) is 19.5. The fourth-order valence-electron chi connectivity index (χ4n) is 3.65. The van der Waals surface area contributed by atoms with Crippen molar-refractivity contribution >= 4 is 5.90 Å². The molecule has 0 spiro atoms. The average molecular weight is 376 g/mol. The fourth-order valence-corrected chi connectivity index (χ4v) is 3.65. The molecule has 140 valence electrons. The van der Waals surface area contributed by atoms with Gasteiger partial charge in [-0.2, -0.15) is 0 Å². The van der Waals surface area contributed by atoms with E-state index in [2.05, 4.69) is 36.4 Å². The Hall–Kier alpha value is -3.72. The van der Waals surface area contributed by atoms with E-state index < -0.39 is 0 Å². The van der Waals surface area contributed by atoms with Crippen molar-refractivity contribution in [2.75, 3.05) is 0 Å². The van der Waals surface area contributed by atoms with Gasteiger partial charge in [0.2, 0.25) is 5.90 Å². The van der Waals surface area contributed by atoms with Crippen molar-refractivity contribution in [3.8, 4) is 11.3 Å². The first kappa shape index (κ1) is 17.4. The minimum absolute atomic E-state index is 0.101. The molecule has 29 heavy (non-hydrogen) atoms. The lowest BCUT2D eigenvalue weighted by atomic mass is 9.97. The Morgan fingerprint density at radius 1 is 0.552 bits per heavy atom. The first-order valence-corrected chi connectivity index (χ1v) is 9.76. The van der Waals surface area contributed by atoms with Gasteiger partial charge < -0.3 is 4.74 Å². The van der Waals surface area contributed by atoms with Gasteiger partial charge in [-0.25, -0.2) is 9.98 Å². The first-order chi connectivity index (χ1) is 14.4. The van der Waals surface area contributed by atoms with Crippen LogP contribution in [0.25, 0.3) is 11.3 Å². The standard InChI is InChI=1S/C26H20N2O/c1-4-11-19(12-5-1)22-17-10-18-23(27-22)26-28-24(20-13-6-2-7-14-20)25(29-26)21-15-8-3-9-16-21/h1-18,24-25H/t24-,25-/m1/s1. The fraction of sp³-hybridized carbons (Fsp3) is 0.0769. The van der Waals surface area contributed by atoms with Gasteiger partial charge in [-0.3, -0.25) is 0 Å². The molecule has 0 unspecified atom stereocenters. The number of aromatic nitrogens is 1. The van der Waals surface area contributed by atoms with E-state index >= 15 is 0 Å². The summed E-state index contributed by atoms with van der Waals surface area (Å²) in [4.78, 5) is 9.78. The summed E-state index contributed by atoms with van der Waals surface area (Å²) >= 11 is 0. The maximum absolute atomic E-state index is 6.38. The van der Waals surface area contributed by atoms with Gasteiger partial charge in [0.15, 0.2) is 6.10 Å². The maximum atomic E-state index is 6.38. The third-order valence-electron chi connectivity index (χ3n) is 5.09. The second-order valence-electron chi connectivity index (χ2n) is 7.01. The summed E-state index contributed by atoms with van der Waals surface area (Å²) < 4.78 is 6.38. The molecular weight excluding hydrogens is 356 g/mol. The van der Waals surface area contributed by atoms with E-state index in [-0.39, 0.29) is 12.1 Å². The van der Waals surface area contributed by atoms with E-state index in [1.807, 2.05) is 72.8 Å². The SMILES string of the molecule is c1ccc(-c2cccc(C3=N[C@H](c4ccccc4)[C@@H](c4ccccc4)O3)n2)cc1. The molecule has 1 aromatic heterocycles. The predicted octanol–water partition coefficient (Wildman–Crippen LogP) is 6.01. The minimum Gasteiger partial charge on any atom is -0.465 e. The van der Waals surface area contributed by atoms with Crippen LogP contribution in [0.2, 0.25) is 0 Å². The van der Waals surface area contributed by atoms with Crippen LogP contribution in [0.15, 0.2) is 114 Å². The van der Waals surface area contributed by atoms with E-state index in [4.69, 9.17) is 14.7 Å². The molecule has 3 heteroatoms. The zero-order valence-corrected chi connectivity index (χ0v) is 15.8. The van der Waals surface area contributed by atoms with E-state index in [9.17, 15) is 0 Å². The van der Waals surface area contributed by atoms with E-state index in [0.717, 1.165) is 28.1 Å². The van der Waals surface area contributed by atoms with Crippen molar-refractivity contribution in [1.29, 1.82) is 0 Å². The van der Waals surface area contributed by atoms with Crippen LogP contribution in [-0.2, 0) is 4.74 Å². The number of rotatable bonds is 4. The summed E-state index contributed by atoms with van der Waals surface area (Å²) in [5, 5.41) is 0. The van der Waals surface area contributed by atoms with Gasteiger partial charge in [-0.1, -0.05) is 97.1 Å². The van der Waals surface area contributed by atoms with Crippen LogP contribution >= 0.6 is 0 Å². The molecular formula is C26H20N2O. The largest absolute Gasteiger partial charge is 0.465 e. The molecule has 2 heterocycles. The number of hydrogen-bond acceptors (Lipinski definition) is 3. The molecule has 0 bridgehead atoms. The number of aliphatic imine (C=N–C) groups is 1. The Kier molecular flexibility index (Phi) is 4.63. The highest BCUT2D eigenvalue weighted by Gasteiger charge is 2.34. The molecule has 4 aromatic rings. The smallest absolute Gasteiger partial charge is 0.236 e. The van der Waals surface area contributed by atoms with Crippen molar-refractivity contribution in [3.63, 3.8) is 0 Å². The summed E-state index contributed by atoms with van der Waals surface area (Å²) in [6, 6.07) is 36.6. The molecule has 0 amide bonds. The highest BCUT2D eigenvalue weighted by Crippen LogP contribution is 2.40. The van der Waals surface area contributed by atoms with Crippen LogP contribution in [0.1, 0.15) is 29.0 Å². The third-order valence-corrected chi connectivity index (χ3v) is 5.09. The first-order valence-electron chi connectivity index (χ1n) is 9.76. The maximum Gasteiger partial charge on any atom is 0.236 e. The van der Waals surface area contributed by atoms with Crippen molar-refractivity contribution in [2.24, 2.45) is 4.99 Å². The summed E-state index contributed by atoms with van der Waals surface area (Å²) in [5.74, 6) is 0.588. The molecule has 1 aliphatic rings. The topological polar surface area (TPSA) is 34.5 Å². The van der Waals surface area contributed by atoms with Gasteiger partial charge in [-0.05, 0) is 23.3 Å². The van der Waals surface area contributed by atoms with Crippen LogP contribution in [0.5, 0.6) is 0 Å². The van der Waals surface area contributed by atoms with Gasteiger partial charge in [0.1, 0.15) is 11.7 Å². The molecule has 5 rings (SSSR count). The van der Waals surface area contributed by atoms with Crippen molar-refractivity contribution in [1.82, 2.24) is 4.98 Å². The quantitative estimate of drug-likeness (QED) is 0.437. The van der Waals surface area contributed by atoms with Gasteiger partial charge in [0.05, 0.1) is 5.69 Å². The second kappa shape index (κ2) is 7.72. The van der Waals surface area contributed by atoms with Crippen LogP contribution in [-0.4, -0.2) is 10.9 Å². The molecule has 1 aliphatic heterocycles. The van der Waals surface area contributed by atoms with Crippen molar-refractivity contribution < 1.29 is 4.74 Å². The van der Waals surface area contributed by atoms with E-state index in [1.165, 1.54) is 0 Å². The van der Waals surface area contributed by atoms with Gasteiger partial charge in [-0.15, -0.1) is 0 Å². The monoisotopic (exact) mass is 376 g/mol. The number of benzene rings is 3. The number of hydrogen-bond donors (Lipinski definition) is 0. The Morgan fingerprint density at radius 2 is 1.14 bits per heavy atom. The molecule has 0 saturated carbocycles. The van der Waals surface area contributed by atoms with Crippen molar-refractivity contribution in [3.05, 3.63) is 126 Å². The van der Waals surface area contributed by atoms with Gasteiger partial charge in [0.25, 0.3) is 0 Å². The number of nitrogens with zero attached hydrogens (tertiary/aromatic N) is 2. The Bertz CT molecular complexity index is 1120. The summed E-state index contributed by atoms with van der Waals surface area (Å²) in [6.07, 6.45) is -0.171. The Labute approximate surface area is 170 Å². The predicted molar refractivity (Wildman–Crippen MR) is 116 cm³/mol. The summed E-state index contributed by atoms with van der Waals surface area (Å²) in [6.45, 7) is 0. The van der Waals surface area contributed by atoms with Crippen LogP contribution in [0, 0.1) is 0 Å². The molecule has 3 aromatic carbocycles. The molecule has 0 aliphatic carbocycles. The lowest BCUT2D eigenvalue weighted by molar-refractivity contribution is 0.196. The van der Waals surface area contributed by atoms with Crippen LogP contribution < -0.4 is 0 Å². The molecule has 0 N–H and O–H groups in total. The number of pyridine rings is 1. The molecule has 0 radical (unpaired) electrons. The van der Waals surface area contributed by atoms with Gasteiger partial charge in [0, 0.05) is 5.56 Å². The minimum atomic E-state index is -0.171. The lowest BCUT2D eigenvalue weighted by Crippen LogP contribution is -2.10. The Balaban J connectivity index is 1.54. The average Bonchev–Trinajstić information content (AvgIpc) is 3.27.